The first-order valence-electron chi connectivity index (χ1n) is 8.66. The van der Waals surface area contributed by atoms with Crippen molar-refractivity contribution in [1.29, 1.82) is 0 Å². The third-order valence-corrected chi connectivity index (χ3v) is 5.94. The summed E-state index contributed by atoms with van der Waals surface area (Å²) in [6, 6.07) is 12.6. The molecule has 2 aromatic rings. The Morgan fingerprint density at radius 1 is 1.17 bits per heavy atom. The third kappa shape index (κ3) is 6.14. The second-order valence-corrected chi connectivity index (χ2v) is 8.22. The lowest BCUT2D eigenvalue weighted by atomic mass is 10.2. The van der Waals surface area contributed by atoms with Crippen molar-refractivity contribution < 1.29 is 26.3 Å². The molecule has 1 aliphatic heterocycles. The van der Waals surface area contributed by atoms with E-state index in [4.69, 9.17) is 5.73 Å². The lowest BCUT2D eigenvalue weighted by Crippen LogP contribution is -2.33. The molecule has 0 radical (unpaired) electrons. The summed E-state index contributed by atoms with van der Waals surface area (Å²) in [4.78, 5) is 3.91. The zero-order valence-corrected chi connectivity index (χ0v) is 18.7. The minimum atomic E-state index is -4.86. The van der Waals surface area contributed by atoms with Crippen molar-refractivity contribution in [2.45, 2.75) is 12.8 Å². The van der Waals surface area contributed by atoms with E-state index in [2.05, 4.69) is 15.0 Å². The number of para-hydroxylation sites is 3. The number of guanidine groups is 1. The highest BCUT2D eigenvalue weighted by atomic mass is 127. The molecule has 164 valence electrons. The molecular weight excluding hydrogens is 536 g/mol. The van der Waals surface area contributed by atoms with Crippen molar-refractivity contribution in [2.75, 3.05) is 28.5 Å². The average molecular weight is 556 g/mol. The van der Waals surface area contributed by atoms with Crippen LogP contribution in [0.4, 0.5) is 24.5 Å². The summed E-state index contributed by atoms with van der Waals surface area (Å²) in [5.41, 5.74) is 7.27. The lowest BCUT2D eigenvalue weighted by molar-refractivity contribution is -0.274. The van der Waals surface area contributed by atoms with Gasteiger partial charge in [0.2, 0.25) is 10.0 Å². The van der Waals surface area contributed by atoms with E-state index in [1.54, 1.807) is 12.1 Å². The highest BCUT2D eigenvalue weighted by molar-refractivity contribution is 14.0. The number of benzene rings is 2. The summed E-state index contributed by atoms with van der Waals surface area (Å²) in [7, 11) is -3.60. The summed E-state index contributed by atoms with van der Waals surface area (Å²) in [6.45, 7) is 0.212. The number of sulfonamides is 1. The molecule has 0 unspecified atom stereocenters. The van der Waals surface area contributed by atoms with E-state index in [0.29, 0.717) is 18.7 Å². The van der Waals surface area contributed by atoms with Gasteiger partial charge in [-0.25, -0.2) is 8.42 Å². The van der Waals surface area contributed by atoms with Crippen LogP contribution in [0.1, 0.15) is 5.56 Å². The first kappa shape index (κ1) is 24.1. The lowest BCUT2D eigenvalue weighted by Gasteiger charge is -2.19. The number of nitrogens with two attached hydrogens (primary N) is 1. The van der Waals surface area contributed by atoms with Crippen LogP contribution in [0.3, 0.4) is 0 Å². The topological polar surface area (TPSA) is 97.0 Å². The van der Waals surface area contributed by atoms with Gasteiger partial charge in [0.1, 0.15) is 0 Å². The van der Waals surface area contributed by atoms with Gasteiger partial charge in [0, 0.05) is 6.54 Å². The molecule has 0 spiro atoms. The smallest absolute Gasteiger partial charge is 0.404 e. The quantitative estimate of drug-likeness (QED) is 0.324. The van der Waals surface area contributed by atoms with Crippen LogP contribution in [0.5, 0.6) is 5.75 Å². The highest BCUT2D eigenvalue weighted by Gasteiger charge is 2.32. The first-order chi connectivity index (χ1) is 13.7. The van der Waals surface area contributed by atoms with Crippen molar-refractivity contribution >= 4 is 51.3 Å². The molecule has 0 saturated carbocycles. The molecule has 7 nitrogen and oxygen atoms in total. The molecule has 0 bridgehead atoms. The van der Waals surface area contributed by atoms with Gasteiger partial charge in [-0.1, -0.05) is 30.3 Å². The predicted molar refractivity (Wildman–Crippen MR) is 120 cm³/mol. The van der Waals surface area contributed by atoms with E-state index in [9.17, 15) is 21.6 Å². The van der Waals surface area contributed by atoms with Crippen LogP contribution < -0.4 is 20.1 Å². The van der Waals surface area contributed by atoms with Gasteiger partial charge in [0.15, 0.2) is 11.7 Å². The maximum Gasteiger partial charge on any atom is 0.573 e. The molecule has 0 aliphatic carbocycles. The number of nitrogens with zero attached hydrogens (tertiary/aromatic N) is 2. The molecule has 3 N–H and O–H groups in total. The highest BCUT2D eigenvalue weighted by Crippen LogP contribution is 2.31. The van der Waals surface area contributed by atoms with Crippen molar-refractivity contribution in [3.05, 3.63) is 54.1 Å². The average Bonchev–Trinajstić information content (AvgIpc) is 3.07. The number of alkyl halides is 3. The molecule has 2 aromatic carbocycles. The Labute approximate surface area is 189 Å². The molecule has 0 fully saturated rings. The maximum absolute atomic E-state index is 12.6. The van der Waals surface area contributed by atoms with E-state index in [-0.39, 0.29) is 47.9 Å². The fourth-order valence-corrected chi connectivity index (χ4v) is 4.34. The molecular formula is C18H20F3IN4O3S. The monoisotopic (exact) mass is 556 g/mol. The summed E-state index contributed by atoms with van der Waals surface area (Å²) < 4.78 is 67.8. The number of hydrogen-bond acceptors (Lipinski definition) is 4. The van der Waals surface area contributed by atoms with Gasteiger partial charge in [-0.2, -0.15) is 0 Å². The predicted octanol–water partition coefficient (Wildman–Crippen LogP) is 3.32. The van der Waals surface area contributed by atoms with E-state index >= 15 is 0 Å². The zero-order chi connectivity index (χ0) is 21.1. The van der Waals surface area contributed by atoms with Gasteiger partial charge < -0.3 is 15.8 Å². The number of anilines is 2. The third-order valence-electron chi connectivity index (χ3n) is 4.19. The van der Waals surface area contributed by atoms with E-state index in [1.807, 2.05) is 12.1 Å². The Morgan fingerprint density at radius 3 is 2.57 bits per heavy atom. The summed E-state index contributed by atoms with van der Waals surface area (Å²) in [6.07, 6.45) is -4.22. The van der Waals surface area contributed by atoms with Gasteiger partial charge >= 0.3 is 6.36 Å². The van der Waals surface area contributed by atoms with E-state index < -0.39 is 22.1 Å². The van der Waals surface area contributed by atoms with Crippen molar-refractivity contribution in [1.82, 2.24) is 0 Å². The van der Waals surface area contributed by atoms with Gasteiger partial charge in [0.05, 0.1) is 23.7 Å². The standard InChI is InChI=1S/C18H19F3N4O3S.HI/c19-18(20,21)28-16-8-4-2-6-14(16)24-17(22)23-10-12-29(26,27)25-11-9-13-5-1-3-7-15(13)25;/h1-8H,9-12H2,(H3,22,23,24);1H. The number of aliphatic imine (C=N–C) groups is 1. The van der Waals surface area contributed by atoms with Crippen molar-refractivity contribution in [2.24, 2.45) is 10.7 Å². The molecule has 0 atom stereocenters. The Bertz CT molecular complexity index is 1020. The summed E-state index contributed by atoms with van der Waals surface area (Å²) >= 11 is 0. The first-order valence-corrected chi connectivity index (χ1v) is 10.3. The van der Waals surface area contributed by atoms with Crippen LogP contribution in [0, 0.1) is 0 Å². The van der Waals surface area contributed by atoms with Crippen LogP contribution in [0.15, 0.2) is 53.5 Å². The Morgan fingerprint density at radius 2 is 1.83 bits per heavy atom. The fraction of sp³-hybridized carbons (Fsp3) is 0.278. The zero-order valence-electron chi connectivity index (χ0n) is 15.6. The molecule has 0 saturated heterocycles. The Kier molecular flexibility index (Phi) is 7.80. The minimum absolute atomic E-state index is 0. The molecule has 3 rings (SSSR count). The summed E-state index contributed by atoms with van der Waals surface area (Å²) in [5.74, 6) is -0.982. The molecule has 1 heterocycles. The number of fused-ring (bicyclic) bond motifs is 1. The summed E-state index contributed by atoms with van der Waals surface area (Å²) in [5, 5.41) is 2.50. The normalized spacial score (nSPS) is 14.1. The van der Waals surface area contributed by atoms with Crippen molar-refractivity contribution in [3.63, 3.8) is 0 Å². The second kappa shape index (κ2) is 9.73. The molecule has 1 aliphatic rings. The van der Waals surface area contributed by atoms with E-state index in [0.717, 1.165) is 11.6 Å². The molecule has 0 amide bonds. The van der Waals surface area contributed by atoms with E-state index in [1.165, 1.54) is 22.5 Å². The fourth-order valence-electron chi connectivity index (χ4n) is 2.95. The molecule has 0 aromatic heterocycles. The number of nitrogens with one attached hydrogen (secondary N) is 1. The SMILES string of the molecule is I.NC(=NCCS(=O)(=O)N1CCc2ccccc21)Nc1ccccc1OC(F)(F)F. The van der Waals surface area contributed by atoms with Gasteiger partial charge in [-0.3, -0.25) is 9.30 Å². The molecule has 12 heteroatoms. The second-order valence-electron chi connectivity index (χ2n) is 6.20. The number of ether oxygens (including phenoxy) is 1. The Hall–Kier alpha value is -2.22. The number of hydrogen-bond donors (Lipinski definition) is 2. The molecule has 30 heavy (non-hydrogen) atoms. The Balaban J connectivity index is 0.00000320. The van der Waals surface area contributed by atoms with Crippen LogP contribution >= 0.6 is 24.0 Å². The van der Waals surface area contributed by atoms with Gasteiger partial charge in [-0.05, 0) is 30.2 Å². The van der Waals surface area contributed by atoms with Crippen LogP contribution in [0.25, 0.3) is 0 Å². The largest absolute Gasteiger partial charge is 0.573 e. The van der Waals surface area contributed by atoms with Crippen molar-refractivity contribution in [3.8, 4) is 5.75 Å². The van der Waals surface area contributed by atoms with Gasteiger partial charge in [0.25, 0.3) is 0 Å². The number of rotatable bonds is 6. The maximum atomic E-state index is 12.6. The van der Waals surface area contributed by atoms with Crippen LogP contribution in [0.2, 0.25) is 0 Å². The van der Waals surface area contributed by atoms with Crippen LogP contribution in [-0.2, 0) is 16.4 Å². The van der Waals surface area contributed by atoms with Gasteiger partial charge in [-0.15, -0.1) is 37.1 Å². The van der Waals surface area contributed by atoms with Crippen LogP contribution in [-0.4, -0.2) is 39.6 Å². The minimum Gasteiger partial charge on any atom is -0.404 e. The number of halogens is 4.